The van der Waals surface area contributed by atoms with E-state index in [-0.39, 0.29) is 5.91 Å². The van der Waals surface area contributed by atoms with Crippen molar-refractivity contribution in [2.75, 3.05) is 34.2 Å². The molecular formula is C11H19IN4O. The van der Waals surface area contributed by atoms with Crippen molar-refractivity contribution in [2.45, 2.75) is 13.5 Å². The Hall–Kier alpha value is -0.630. The minimum Gasteiger partial charge on any atom is -0.339 e. The minimum absolute atomic E-state index is 0.0167. The molecule has 0 aromatic carbocycles. The second-order valence-electron chi connectivity index (χ2n) is 4.20. The van der Waals surface area contributed by atoms with Crippen molar-refractivity contribution in [1.29, 1.82) is 0 Å². The molecule has 1 amide bonds. The number of nitrogens with zero attached hydrogens (tertiary/aromatic N) is 4. The maximum absolute atomic E-state index is 12.1. The highest BCUT2D eigenvalue weighted by molar-refractivity contribution is 14.1. The molecule has 1 aromatic heterocycles. The standard InChI is InChI=1S/C11H19IN4O/c1-5-16-10(12)8-9(13-16)11(17)15(4)7-6-14(2)3/h8H,5-7H2,1-4H3. The molecule has 1 heterocycles. The van der Waals surface area contributed by atoms with Gasteiger partial charge in [-0.25, -0.2) is 0 Å². The lowest BCUT2D eigenvalue weighted by atomic mass is 10.3. The van der Waals surface area contributed by atoms with Gasteiger partial charge >= 0.3 is 0 Å². The van der Waals surface area contributed by atoms with Gasteiger partial charge in [-0.3, -0.25) is 9.48 Å². The van der Waals surface area contributed by atoms with Crippen LogP contribution in [-0.4, -0.2) is 59.7 Å². The van der Waals surface area contributed by atoms with Gasteiger partial charge in [-0.05, 0) is 43.6 Å². The van der Waals surface area contributed by atoms with Crippen molar-refractivity contribution in [3.63, 3.8) is 0 Å². The lowest BCUT2D eigenvalue weighted by Gasteiger charge is -2.18. The van der Waals surface area contributed by atoms with Crippen molar-refractivity contribution in [2.24, 2.45) is 0 Å². The predicted molar refractivity (Wildman–Crippen MR) is 76.1 cm³/mol. The van der Waals surface area contributed by atoms with Crippen molar-refractivity contribution in [3.8, 4) is 0 Å². The Labute approximate surface area is 116 Å². The average Bonchev–Trinajstić information content (AvgIpc) is 2.66. The Balaban J connectivity index is 2.68. The second kappa shape index (κ2) is 6.34. The van der Waals surface area contributed by atoms with E-state index in [0.29, 0.717) is 12.2 Å². The van der Waals surface area contributed by atoms with E-state index in [1.54, 1.807) is 4.90 Å². The molecule has 0 saturated carbocycles. The summed E-state index contributed by atoms with van der Waals surface area (Å²) < 4.78 is 2.82. The summed E-state index contributed by atoms with van der Waals surface area (Å²) in [7, 11) is 5.80. The fourth-order valence-corrected chi connectivity index (χ4v) is 2.11. The molecule has 0 radical (unpaired) electrons. The molecule has 5 nitrogen and oxygen atoms in total. The Morgan fingerprint density at radius 2 is 2.06 bits per heavy atom. The van der Waals surface area contributed by atoms with Crippen LogP contribution >= 0.6 is 22.6 Å². The quantitative estimate of drug-likeness (QED) is 0.748. The molecule has 6 heteroatoms. The highest BCUT2D eigenvalue weighted by Crippen LogP contribution is 2.09. The molecule has 96 valence electrons. The third-order valence-corrected chi connectivity index (χ3v) is 3.35. The number of carbonyl (C=O) groups excluding carboxylic acids is 1. The van der Waals surface area contributed by atoms with Crippen molar-refractivity contribution < 1.29 is 4.79 Å². The molecule has 0 unspecified atom stereocenters. The van der Waals surface area contributed by atoms with Gasteiger partial charge in [0.2, 0.25) is 0 Å². The largest absolute Gasteiger partial charge is 0.339 e. The number of aromatic nitrogens is 2. The van der Waals surface area contributed by atoms with E-state index < -0.39 is 0 Å². The summed E-state index contributed by atoms with van der Waals surface area (Å²) in [6.45, 7) is 4.36. The third-order valence-electron chi connectivity index (χ3n) is 2.48. The van der Waals surface area contributed by atoms with Crippen LogP contribution in [0.3, 0.4) is 0 Å². The predicted octanol–water partition coefficient (Wildman–Crippen LogP) is 1.14. The van der Waals surface area contributed by atoms with Crippen molar-refractivity contribution in [3.05, 3.63) is 15.5 Å². The molecule has 0 N–H and O–H groups in total. The van der Waals surface area contributed by atoms with Crippen LogP contribution in [0.15, 0.2) is 6.07 Å². The SMILES string of the molecule is CCn1nc(C(=O)N(C)CCN(C)C)cc1I. The topological polar surface area (TPSA) is 41.4 Å². The molecule has 17 heavy (non-hydrogen) atoms. The monoisotopic (exact) mass is 350 g/mol. The van der Waals surface area contributed by atoms with Gasteiger partial charge in [0.25, 0.3) is 5.91 Å². The van der Waals surface area contributed by atoms with Gasteiger partial charge < -0.3 is 9.80 Å². The molecule has 0 spiro atoms. The lowest BCUT2D eigenvalue weighted by Crippen LogP contribution is -2.33. The fraction of sp³-hybridized carbons (Fsp3) is 0.636. The van der Waals surface area contributed by atoms with Gasteiger partial charge in [0, 0.05) is 32.7 Å². The maximum atomic E-state index is 12.1. The summed E-state index contributed by atoms with van der Waals surface area (Å²) in [5.41, 5.74) is 0.525. The van der Waals surface area contributed by atoms with E-state index in [0.717, 1.165) is 16.8 Å². The summed E-state index contributed by atoms with van der Waals surface area (Å²) in [5, 5.41) is 4.28. The van der Waals surface area contributed by atoms with Crippen LogP contribution in [0.4, 0.5) is 0 Å². The van der Waals surface area contributed by atoms with Crippen molar-refractivity contribution in [1.82, 2.24) is 19.6 Å². The fourth-order valence-electron chi connectivity index (χ4n) is 1.37. The smallest absolute Gasteiger partial charge is 0.274 e. The third kappa shape index (κ3) is 3.95. The van der Waals surface area contributed by atoms with Gasteiger partial charge in [-0.1, -0.05) is 0 Å². The zero-order valence-corrected chi connectivity index (χ0v) is 12.9. The van der Waals surface area contributed by atoms with Crippen molar-refractivity contribution >= 4 is 28.5 Å². The first-order valence-corrected chi connectivity index (χ1v) is 6.67. The Morgan fingerprint density at radius 3 is 2.53 bits per heavy atom. The second-order valence-corrected chi connectivity index (χ2v) is 5.30. The molecule has 1 rings (SSSR count). The highest BCUT2D eigenvalue weighted by atomic mass is 127. The number of halogens is 1. The first-order valence-electron chi connectivity index (χ1n) is 5.59. The molecule has 0 saturated heterocycles. The lowest BCUT2D eigenvalue weighted by molar-refractivity contribution is 0.0779. The van der Waals surface area contributed by atoms with Gasteiger partial charge in [0.1, 0.15) is 0 Å². The number of likely N-dealkylation sites (N-methyl/N-ethyl adjacent to an activating group) is 2. The molecule has 0 bridgehead atoms. The van der Waals surface area contributed by atoms with E-state index in [9.17, 15) is 4.79 Å². The average molecular weight is 350 g/mol. The zero-order valence-electron chi connectivity index (χ0n) is 10.8. The number of aryl methyl sites for hydroxylation is 1. The Bertz CT molecular complexity index is 389. The number of carbonyl (C=O) groups is 1. The molecule has 0 aliphatic carbocycles. The molecule has 1 aromatic rings. The first kappa shape index (κ1) is 14.4. The van der Waals surface area contributed by atoms with Crippen LogP contribution in [0.1, 0.15) is 17.4 Å². The van der Waals surface area contributed by atoms with Gasteiger partial charge in [-0.15, -0.1) is 0 Å². The number of amides is 1. The first-order chi connectivity index (χ1) is 7.95. The Kier molecular flexibility index (Phi) is 5.38. The zero-order chi connectivity index (χ0) is 13.0. The van der Waals surface area contributed by atoms with Crippen LogP contribution in [0.25, 0.3) is 0 Å². The van der Waals surface area contributed by atoms with E-state index >= 15 is 0 Å². The van der Waals surface area contributed by atoms with Crippen LogP contribution < -0.4 is 0 Å². The number of hydrogen-bond acceptors (Lipinski definition) is 3. The van der Waals surface area contributed by atoms with Crippen LogP contribution in [0.2, 0.25) is 0 Å². The normalized spacial score (nSPS) is 10.9. The number of rotatable bonds is 5. The van der Waals surface area contributed by atoms with Gasteiger partial charge in [0.15, 0.2) is 5.69 Å². The molecule has 0 fully saturated rings. The van der Waals surface area contributed by atoms with Crippen LogP contribution in [-0.2, 0) is 6.54 Å². The Morgan fingerprint density at radius 1 is 1.41 bits per heavy atom. The summed E-state index contributed by atoms with van der Waals surface area (Å²) in [4.78, 5) is 15.8. The molecule has 0 atom stereocenters. The summed E-state index contributed by atoms with van der Waals surface area (Å²) in [6.07, 6.45) is 0. The summed E-state index contributed by atoms with van der Waals surface area (Å²) >= 11 is 2.19. The molecular weight excluding hydrogens is 331 g/mol. The van der Waals surface area contributed by atoms with E-state index in [2.05, 4.69) is 32.6 Å². The van der Waals surface area contributed by atoms with E-state index in [1.807, 2.05) is 38.8 Å². The van der Waals surface area contributed by atoms with E-state index in [1.165, 1.54) is 0 Å². The molecule has 0 aliphatic heterocycles. The van der Waals surface area contributed by atoms with Crippen LogP contribution in [0, 0.1) is 3.70 Å². The summed E-state index contributed by atoms with van der Waals surface area (Å²) in [5.74, 6) is -0.0167. The van der Waals surface area contributed by atoms with Gasteiger partial charge in [-0.2, -0.15) is 5.10 Å². The number of hydrogen-bond donors (Lipinski definition) is 0. The minimum atomic E-state index is -0.0167. The van der Waals surface area contributed by atoms with Gasteiger partial charge in [0.05, 0.1) is 3.70 Å². The molecule has 0 aliphatic rings. The van der Waals surface area contributed by atoms with Crippen LogP contribution in [0.5, 0.6) is 0 Å². The highest BCUT2D eigenvalue weighted by Gasteiger charge is 2.16. The van der Waals surface area contributed by atoms with E-state index in [4.69, 9.17) is 0 Å². The maximum Gasteiger partial charge on any atom is 0.274 e. The summed E-state index contributed by atoms with van der Waals surface area (Å²) in [6, 6.07) is 1.83.